The summed E-state index contributed by atoms with van der Waals surface area (Å²) < 4.78 is 18.9. The maximum atomic E-state index is 13.7. The van der Waals surface area contributed by atoms with Crippen molar-refractivity contribution in [1.82, 2.24) is 4.90 Å². The molecule has 1 aliphatic rings. The quantitative estimate of drug-likeness (QED) is 0.268. The first-order valence-corrected chi connectivity index (χ1v) is 18.8. The van der Waals surface area contributed by atoms with Gasteiger partial charge in [-0.2, -0.15) is 0 Å². The number of carbonyl (C=O) groups excluding carboxylic acids is 1. The number of amides is 2. The lowest BCUT2D eigenvalue weighted by molar-refractivity contribution is 0.0314. The molecule has 1 aliphatic heterocycles. The topological polar surface area (TPSA) is 97.3 Å². The van der Waals surface area contributed by atoms with E-state index in [9.17, 15) is 14.7 Å². The number of ether oxygens (including phenoxy) is 1. The molecule has 0 radical (unpaired) electrons. The van der Waals surface area contributed by atoms with Crippen molar-refractivity contribution in [3.63, 3.8) is 0 Å². The van der Waals surface area contributed by atoms with Gasteiger partial charge in [-0.15, -0.1) is 0 Å². The van der Waals surface area contributed by atoms with E-state index < -0.39 is 22.7 Å². The van der Waals surface area contributed by atoms with E-state index in [1.165, 1.54) is 0 Å². The molecule has 10 heteroatoms. The summed E-state index contributed by atoms with van der Waals surface area (Å²) in [5.41, 5.74) is 1.39. The van der Waals surface area contributed by atoms with Crippen LogP contribution in [0.3, 0.4) is 0 Å². The summed E-state index contributed by atoms with van der Waals surface area (Å²) in [6.07, 6.45) is -0.386. The molecular weight excluding hydrogens is 516 g/mol. The van der Waals surface area contributed by atoms with E-state index in [1.54, 1.807) is 24.1 Å². The Kier molecular flexibility index (Phi) is 10.2. The second-order valence-corrected chi connectivity index (χ2v) is 23.1. The van der Waals surface area contributed by atoms with Crippen molar-refractivity contribution < 1.29 is 28.3 Å². The number of carboxylic acid groups (broad SMARTS) is 1. The summed E-state index contributed by atoms with van der Waals surface area (Å²) in [6, 6.07) is 3.20. The van der Waals surface area contributed by atoms with Gasteiger partial charge in [0.1, 0.15) is 5.75 Å². The molecule has 1 atom stereocenters. The molecule has 1 aromatic rings. The van der Waals surface area contributed by atoms with E-state index in [4.69, 9.17) is 13.6 Å². The predicted molar refractivity (Wildman–Crippen MR) is 159 cm³/mol. The Morgan fingerprint density at radius 1 is 1.05 bits per heavy atom. The molecule has 2 amide bonds. The zero-order valence-electron chi connectivity index (χ0n) is 25.5. The van der Waals surface area contributed by atoms with Crippen LogP contribution in [0, 0.1) is 0 Å². The molecule has 1 saturated heterocycles. The number of rotatable bonds is 11. The normalized spacial score (nSPS) is 16.6. The van der Waals surface area contributed by atoms with Crippen molar-refractivity contribution in [2.75, 3.05) is 25.6 Å². The number of hydrogen-bond donors (Lipinski definition) is 2. The summed E-state index contributed by atoms with van der Waals surface area (Å²) in [5, 5.41) is 12.1. The van der Waals surface area contributed by atoms with E-state index in [0.717, 1.165) is 6.42 Å². The van der Waals surface area contributed by atoms with Crippen LogP contribution in [0.2, 0.25) is 34.8 Å². The third kappa shape index (κ3) is 6.56. The fraction of sp³-hybridized carbons (Fsp3) is 0.714. The zero-order chi connectivity index (χ0) is 29.2. The van der Waals surface area contributed by atoms with Crippen molar-refractivity contribution in [1.29, 1.82) is 0 Å². The van der Waals surface area contributed by atoms with Gasteiger partial charge in [0.05, 0.1) is 31.0 Å². The van der Waals surface area contributed by atoms with Gasteiger partial charge in [-0.1, -0.05) is 62.3 Å². The number of carbonyl (C=O) groups is 2. The Morgan fingerprint density at radius 2 is 1.61 bits per heavy atom. The molecular formula is C28H50N2O6Si2. The van der Waals surface area contributed by atoms with Gasteiger partial charge in [0, 0.05) is 12.6 Å². The summed E-state index contributed by atoms with van der Waals surface area (Å²) in [5.74, 6) is 0.656. The summed E-state index contributed by atoms with van der Waals surface area (Å²) >= 11 is 0. The molecule has 1 fully saturated rings. The van der Waals surface area contributed by atoms with Gasteiger partial charge in [0.25, 0.3) is 14.2 Å². The molecule has 2 rings (SSSR count). The monoisotopic (exact) mass is 566 g/mol. The fourth-order valence-corrected chi connectivity index (χ4v) is 11.6. The molecule has 1 heterocycles. The number of nitrogens with zero attached hydrogens (tertiary/aromatic N) is 1. The number of benzene rings is 1. The first-order chi connectivity index (χ1) is 17.4. The van der Waals surface area contributed by atoms with E-state index in [0.29, 0.717) is 41.3 Å². The molecule has 0 saturated carbocycles. The largest absolute Gasteiger partial charge is 0.540 e. The minimum Gasteiger partial charge on any atom is -0.540 e. The van der Waals surface area contributed by atoms with Crippen LogP contribution in [0.15, 0.2) is 12.1 Å². The second-order valence-electron chi connectivity index (χ2n) is 12.9. The predicted octanol–water partition coefficient (Wildman–Crippen LogP) is 7.58. The second kappa shape index (κ2) is 12.0. The summed E-state index contributed by atoms with van der Waals surface area (Å²) in [6.45, 7) is 25.2. The van der Waals surface area contributed by atoms with Gasteiger partial charge >= 0.3 is 6.09 Å². The molecule has 216 valence electrons. The van der Waals surface area contributed by atoms with Gasteiger partial charge in [-0.25, -0.2) is 4.79 Å². The Labute approximate surface area is 231 Å². The molecule has 0 bridgehead atoms. The SMILES string of the molecule is COc1cc(C(=O)N2CCC2CO[Si](C)(C)C(C)(C)C)c(NC(=O)O)cc1O[Si](C(C)C)(C(C)C)C(C)C. The average molecular weight is 567 g/mol. The number of hydrogen-bond acceptors (Lipinski definition) is 5. The van der Waals surface area contributed by atoms with Crippen LogP contribution < -0.4 is 14.5 Å². The third-order valence-corrected chi connectivity index (χ3v) is 19.1. The lowest BCUT2D eigenvalue weighted by atomic mass is 10.0. The van der Waals surface area contributed by atoms with Crippen LogP contribution in [0.1, 0.15) is 79.1 Å². The Bertz CT molecular complexity index is 982. The molecule has 0 spiro atoms. The van der Waals surface area contributed by atoms with Crippen LogP contribution in [0.25, 0.3) is 0 Å². The smallest absolute Gasteiger partial charge is 0.409 e. The van der Waals surface area contributed by atoms with Crippen LogP contribution in [0.5, 0.6) is 11.5 Å². The van der Waals surface area contributed by atoms with E-state index >= 15 is 0 Å². The highest BCUT2D eigenvalue weighted by Gasteiger charge is 2.48. The number of methoxy groups -OCH3 is 1. The number of likely N-dealkylation sites (tertiary alicyclic amines) is 1. The molecule has 2 N–H and O–H groups in total. The van der Waals surface area contributed by atoms with Gasteiger partial charge in [0.15, 0.2) is 14.1 Å². The van der Waals surface area contributed by atoms with Crippen molar-refractivity contribution in [2.24, 2.45) is 0 Å². The minimum absolute atomic E-state index is 0.0425. The van der Waals surface area contributed by atoms with Crippen molar-refractivity contribution in [3.8, 4) is 11.5 Å². The van der Waals surface area contributed by atoms with Gasteiger partial charge in [-0.05, 0) is 47.2 Å². The van der Waals surface area contributed by atoms with Gasteiger partial charge in [-0.3, -0.25) is 10.1 Å². The Balaban J connectivity index is 2.46. The maximum Gasteiger partial charge on any atom is 0.409 e. The van der Waals surface area contributed by atoms with Gasteiger partial charge < -0.3 is 23.6 Å². The Morgan fingerprint density at radius 3 is 2.00 bits per heavy atom. The van der Waals surface area contributed by atoms with Crippen LogP contribution in [-0.4, -0.2) is 64.9 Å². The van der Waals surface area contributed by atoms with Crippen LogP contribution in [-0.2, 0) is 4.43 Å². The summed E-state index contributed by atoms with van der Waals surface area (Å²) in [7, 11) is -2.77. The van der Waals surface area contributed by atoms with E-state index in [1.807, 2.05) is 0 Å². The zero-order valence-corrected chi connectivity index (χ0v) is 27.5. The fourth-order valence-electron chi connectivity index (χ4n) is 5.30. The molecule has 1 unspecified atom stereocenters. The highest BCUT2D eigenvalue weighted by molar-refractivity contribution is 6.78. The highest BCUT2D eigenvalue weighted by atomic mass is 28.4. The van der Waals surface area contributed by atoms with Gasteiger partial charge in [0.2, 0.25) is 0 Å². The van der Waals surface area contributed by atoms with Crippen molar-refractivity contribution in [2.45, 2.75) is 110 Å². The maximum absolute atomic E-state index is 13.7. The van der Waals surface area contributed by atoms with Crippen molar-refractivity contribution >= 4 is 34.3 Å². The molecule has 8 nitrogen and oxygen atoms in total. The Hall–Kier alpha value is -2.05. The third-order valence-electron chi connectivity index (χ3n) is 8.62. The van der Waals surface area contributed by atoms with E-state index in [2.05, 4.69) is 80.7 Å². The van der Waals surface area contributed by atoms with E-state index in [-0.39, 0.29) is 28.2 Å². The first-order valence-electron chi connectivity index (χ1n) is 13.7. The standard InChI is InChI=1S/C28H50N2O6Si2/c1-18(2)38(19(3)4,20(5)6)36-25-16-23(29-27(32)33)22(15-24(25)34-10)26(31)30-14-13-21(30)17-35-37(11,12)28(7,8)9/h15-16,18-21,29H,13-14,17H2,1-12H3,(H,32,33). The molecule has 1 aromatic carbocycles. The molecule has 0 aliphatic carbocycles. The summed E-state index contributed by atoms with van der Waals surface area (Å²) in [4.78, 5) is 27.2. The minimum atomic E-state index is -2.36. The lowest BCUT2D eigenvalue weighted by Crippen LogP contribution is -2.55. The lowest BCUT2D eigenvalue weighted by Gasteiger charge is -2.44. The van der Waals surface area contributed by atoms with Crippen LogP contribution in [0.4, 0.5) is 10.5 Å². The molecule has 0 aromatic heterocycles. The number of nitrogens with one attached hydrogen (secondary N) is 1. The molecule has 38 heavy (non-hydrogen) atoms. The highest BCUT2D eigenvalue weighted by Crippen LogP contribution is 2.46. The first kappa shape index (κ1) is 32.2. The van der Waals surface area contributed by atoms with Crippen LogP contribution >= 0.6 is 0 Å². The number of anilines is 1. The average Bonchev–Trinajstić information content (AvgIpc) is 2.74. The van der Waals surface area contributed by atoms with Crippen molar-refractivity contribution in [3.05, 3.63) is 17.7 Å².